The van der Waals surface area contributed by atoms with Crippen LogP contribution in [0.1, 0.15) is 67.0 Å². The molecular formula is C30H40N4. The third-order valence-corrected chi connectivity index (χ3v) is 5.38. The Morgan fingerprint density at radius 3 is 1.12 bits per heavy atom. The molecule has 4 rings (SSSR count). The standard InChI is InChI=1S/C28H34N4.C2H6/c1-27(2,3)15-25-29-17-23(31-25)21-11-7-19(8-12-21)20-9-13-22(14-10-20)24-18-30-26(32-24)16-28(4,5)6;1-2/h7-14,17-18H,15-16H2,1-6H3,(H,29,31)(H,30,32);1-2H3. The normalized spacial score (nSPS) is 11.8. The number of aromatic amines is 2. The minimum atomic E-state index is 0.218. The van der Waals surface area contributed by atoms with Crippen LogP contribution in [-0.4, -0.2) is 19.9 Å². The molecule has 0 aliphatic heterocycles. The van der Waals surface area contributed by atoms with Gasteiger partial charge in [0.1, 0.15) is 11.6 Å². The third-order valence-electron chi connectivity index (χ3n) is 5.38. The van der Waals surface area contributed by atoms with E-state index >= 15 is 0 Å². The number of nitrogens with one attached hydrogen (secondary N) is 2. The Hall–Kier alpha value is -3.14. The van der Waals surface area contributed by atoms with Crippen molar-refractivity contribution >= 4 is 0 Å². The van der Waals surface area contributed by atoms with Crippen molar-refractivity contribution in [2.45, 2.75) is 68.2 Å². The van der Waals surface area contributed by atoms with Gasteiger partial charge in [-0.25, -0.2) is 9.97 Å². The van der Waals surface area contributed by atoms with Gasteiger partial charge in [0.05, 0.1) is 23.8 Å². The molecule has 0 atom stereocenters. The summed E-state index contributed by atoms with van der Waals surface area (Å²) in [5, 5.41) is 0. The maximum absolute atomic E-state index is 4.55. The predicted molar refractivity (Wildman–Crippen MR) is 145 cm³/mol. The molecule has 0 bridgehead atoms. The van der Waals surface area contributed by atoms with Crippen LogP contribution in [0.15, 0.2) is 60.9 Å². The highest BCUT2D eigenvalue weighted by Gasteiger charge is 2.15. The number of rotatable bonds is 5. The van der Waals surface area contributed by atoms with Crippen LogP contribution >= 0.6 is 0 Å². The van der Waals surface area contributed by atoms with Gasteiger partial charge in [-0.1, -0.05) is 104 Å². The van der Waals surface area contributed by atoms with Crippen molar-refractivity contribution < 1.29 is 0 Å². The number of aromatic nitrogens is 4. The zero-order valence-corrected chi connectivity index (χ0v) is 22.1. The van der Waals surface area contributed by atoms with Crippen LogP contribution in [-0.2, 0) is 12.8 Å². The fourth-order valence-electron chi connectivity index (χ4n) is 3.89. The zero-order chi connectivity index (χ0) is 24.9. The smallest absolute Gasteiger partial charge is 0.107 e. The summed E-state index contributed by atoms with van der Waals surface area (Å²) in [7, 11) is 0. The van der Waals surface area contributed by atoms with Gasteiger partial charge < -0.3 is 9.97 Å². The van der Waals surface area contributed by atoms with Gasteiger partial charge in [-0.2, -0.15) is 0 Å². The zero-order valence-electron chi connectivity index (χ0n) is 22.1. The fraction of sp³-hybridized carbons (Fsp3) is 0.400. The minimum absolute atomic E-state index is 0.218. The Morgan fingerprint density at radius 1 is 0.529 bits per heavy atom. The molecule has 180 valence electrons. The summed E-state index contributed by atoms with van der Waals surface area (Å²) in [5.41, 5.74) is 7.28. The van der Waals surface area contributed by atoms with E-state index in [1.165, 1.54) is 11.1 Å². The van der Waals surface area contributed by atoms with Crippen molar-refractivity contribution in [2.24, 2.45) is 10.8 Å². The Morgan fingerprint density at radius 2 is 0.824 bits per heavy atom. The summed E-state index contributed by atoms with van der Waals surface area (Å²) >= 11 is 0. The molecule has 0 saturated heterocycles. The summed E-state index contributed by atoms with van der Waals surface area (Å²) in [5.74, 6) is 2.08. The lowest BCUT2D eigenvalue weighted by Gasteiger charge is -2.15. The number of hydrogen-bond donors (Lipinski definition) is 2. The first kappa shape index (κ1) is 25.5. The lowest BCUT2D eigenvalue weighted by molar-refractivity contribution is 0.402. The number of nitrogens with zero attached hydrogens (tertiary/aromatic N) is 2. The maximum atomic E-state index is 4.55. The average molecular weight is 457 g/mol. The van der Waals surface area contributed by atoms with Crippen LogP contribution in [0.3, 0.4) is 0 Å². The van der Waals surface area contributed by atoms with Gasteiger partial charge in [0, 0.05) is 12.8 Å². The fourth-order valence-corrected chi connectivity index (χ4v) is 3.89. The van der Waals surface area contributed by atoms with Gasteiger partial charge in [-0.05, 0) is 33.1 Å². The number of H-pyrrole nitrogens is 2. The topological polar surface area (TPSA) is 57.4 Å². The quantitative estimate of drug-likeness (QED) is 0.317. The lowest BCUT2D eigenvalue weighted by Crippen LogP contribution is -2.10. The van der Waals surface area contributed by atoms with Gasteiger partial charge in [-0.15, -0.1) is 0 Å². The molecule has 4 heteroatoms. The highest BCUT2D eigenvalue weighted by atomic mass is 14.9. The van der Waals surface area contributed by atoms with E-state index in [4.69, 9.17) is 0 Å². The molecule has 2 heterocycles. The van der Waals surface area contributed by atoms with Crippen molar-refractivity contribution in [3.05, 3.63) is 72.6 Å². The molecule has 0 amide bonds. The molecule has 2 aromatic heterocycles. The molecular weight excluding hydrogens is 416 g/mol. The summed E-state index contributed by atoms with van der Waals surface area (Å²) in [6.45, 7) is 17.4. The second-order valence-electron chi connectivity index (χ2n) is 11.1. The summed E-state index contributed by atoms with van der Waals surface area (Å²) in [4.78, 5) is 16.0. The van der Waals surface area contributed by atoms with Gasteiger partial charge in [0.25, 0.3) is 0 Å². The molecule has 0 spiro atoms. The molecule has 0 fully saturated rings. The SMILES string of the molecule is CC.CC(C)(C)Cc1ncc(-c2ccc(-c3ccc(-c4cnc(CC(C)(C)C)[nH]4)cc3)cc2)[nH]1. The minimum Gasteiger partial charge on any atom is -0.342 e. The second-order valence-corrected chi connectivity index (χ2v) is 11.1. The van der Waals surface area contributed by atoms with Gasteiger partial charge >= 0.3 is 0 Å². The van der Waals surface area contributed by atoms with E-state index in [-0.39, 0.29) is 10.8 Å². The first-order chi connectivity index (χ1) is 16.1. The lowest BCUT2D eigenvalue weighted by atomic mass is 9.92. The molecule has 2 aromatic carbocycles. The Kier molecular flexibility index (Phi) is 7.81. The van der Waals surface area contributed by atoms with Crippen molar-refractivity contribution in [1.82, 2.24) is 19.9 Å². The molecule has 0 radical (unpaired) electrons. The number of imidazole rings is 2. The molecule has 2 N–H and O–H groups in total. The third kappa shape index (κ3) is 6.93. The van der Waals surface area contributed by atoms with Crippen LogP contribution < -0.4 is 0 Å². The molecule has 4 aromatic rings. The van der Waals surface area contributed by atoms with Gasteiger partial charge in [0.15, 0.2) is 0 Å². The van der Waals surface area contributed by atoms with E-state index < -0.39 is 0 Å². The summed E-state index contributed by atoms with van der Waals surface area (Å²) in [6.07, 6.45) is 5.74. The Bertz CT molecular complexity index is 1070. The van der Waals surface area contributed by atoms with Crippen molar-refractivity contribution in [1.29, 1.82) is 0 Å². The Balaban J connectivity index is 0.00000158. The summed E-state index contributed by atoms with van der Waals surface area (Å²) in [6, 6.07) is 17.3. The van der Waals surface area contributed by atoms with E-state index in [1.807, 2.05) is 26.2 Å². The monoisotopic (exact) mass is 456 g/mol. The molecule has 0 aliphatic rings. The molecule has 0 saturated carbocycles. The largest absolute Gasteiger partial charge is 0.342 e. The van der Waals surface area contributed by atoms with E-state index in [2.05, 4.69) is 110 Å². The average Bonchev–Trinajstić information content (AvgIpc) is 3.43. The van der Waals surface area contributed by atoms with E-state index in [0.29, 0.717) is 0 Å². The van der Waals surface area contributed by atoms with Gasteiger partial charge in [0.2, 0.25) is 0 Å². The van der Waals surface area contributed by atoms with Crippen LogP contribution in [0, 0.1) is 10.8 Å². The van der Waals surface area contributed by atoms with Gasteiger partial charge in [-0.3, -0.25) is 0 Å². The first-order valence-electron chi connectivity index (χ1n) is 12.3. The highest BCUT2D eigenvalue weighted by molar-refractivity contribution is 5.71. The molecule has 0 unspecified atom stereocenters. The predicted octanol–water partition coefficient (Wildman–Crippen LogP) is 8.34. The molecule has 4 nitrogen and oxygen atoms in total. The van der Waals surface area contributed by atoms with Crippen LogP contribution in [0.25, 0.3) is 33.6 Å². The van der Waals surface area contributed by atoms with Crippen molar-refractivity contribution in [3.63, 3.8) is 0 Å². The highest BCUT2D eigenvalue weighted by Crippen LogP contribution is 2.28. The molecule has 34 heavy (non-hydrogen) atoms. The van der Waals surface area contributed by atoms with Crippen molar-refractivity contribution in [3.8, 4) is 33.6 Å². The van der Waals surface area contributed by atoms with E-state index in [9.17, 15) is 0 Å². The number of hydrogen-bond acceptors (Lipinski definition) is 2. The second kappa shape index (κ2) is 10.4. The van der Waals surface area contributed by atoms with E-state index in [0.717, 1.165) is 47.0 Å². The van der Waals surface area contributed by atoms with Crippen LogP contribution in [0.2, 0.25) is 0 Å². The first-order valence-corrected chi connectivity index (χ1v) is 12.3. The Labute approximate surface area is 205 Å². The van der Waals surface area contributed by atoms with E-state index in [1.54, 1.807) is 0 Å². The number of benzene rings is 2. The summed E-state index contributed by atoms with van der Waals surface area (Å²) < 4.78 is 0. The van der Waals surface area contributed by atoms with Crippen LogP contribution in [0.4, 0.5) is 0 Å². The van der Waals surface area contributed by atoms with Crippen molar-refractivity contribution in [2.75, 3.05) is 0 Å². The molecule has 0 aliphatic carbocycles. The maximum Gasteiger partial charge on any atom is 0.107 e. The van der Waals surface area contributed by atoms with Crippen LogP contribution in [0.5, 0.6) is 0 Å².